The Bertz CT molecular complexity index is 512. The zero-order valence-electron chi connectivity index (χ0n) is 9.03. The molecule has 1 heterocycles. The van der Waals surface area contributed by atoms with Gasteiger partial charge >= 0.3 is 0 Å². The molecule has 3 heteroatoms. The molecule has 1 saturated carbocycles. The van der Waals surface area contributed by atoms with E-state index >= 15 is 0 Å². The summed E-state index contributed by atoms with van der Waals surface area (Å²) in [5.74, 6) is 0.929. The predicted octanol–water partition coefficient (Wildman–Crippen LogP) is 2.42. The van der Waals surface area contributed by atoms with Gasteiger partial charge in [-0.25, -0.2) is 0 Å². The zero-order valence-corrected chi connectivity index (χ0v) is 9.03. The van der Waals surface area contributed by atoms with Crippen LogP contribution in [0.3, 0.4) is 0 Å². The van der Waals surface area contributed by atoms with Gasteiger partial charge in [0.25, 0.3) is 0 Å². The minimum atomic E-state index is 0.429. The Balaban J connectivity index is 2.15. The van der Waals surface area contributed by atoms with E-state index in [2.05, 4.69) is 18.1 Å². The van der Waals surface area contributed by atoms with Gasteiger partial charge in [0.2, 0.25) is 0 Å². The second-order valence-electron chi connectivity index (χ2n) is 4.26. The molecule has 78 valence electrons. The Morgan fingerprint density at radius 1 is 1.40 bits per heavy atom. The Kier molecular flexibility index (Phi) is 1.75. The standard InChI is InChI=1S/C12H14N2O/c1-8-3-6-11(15-9-4-5-9)12-10(8)7-14(2)13-12/h3,6-7,9H,4-5H2,1-2H3. The van der Waals surface area contributed by atoms with Crippen molar-refractivity contribution in [2.45, 2.75) is 25.9 Å². The van der Waals surface area contributed by atoms with Crippen LogP contribution in [0.4, 0.5) is 0 Å². The number of benzene rings is 1. The summed E-state index contributed by atoms with van der Waals surface area (Å²) < 4.78 is 7.68. The summed E-state index contributed by atoms with van der Waals surface area (Å²) >= 11 is 0. The number of hydrogen-bond acceptors (Lipinski definition) is 2. The summed E-state index contributed by atoms with van der Waals surface area (Å²) in [6, 6.07) is 4.13. The van der Waals surface area contributed by atoms with Gasteiger partial charge < -0.3 is 4.74 Å². The summed E-state index contributed by atoms with van der Waals surface area (Å²) in [5.41, 5.74) is 2.24. The number of nitrogens with zero attached hydrogens (tertiary/aromatic N) is 2. The topological polar surface area (TPSA) is 27.1 Å². The third-order valence-electron chi connectivity index (χ3n) is 2.79. The van der Waals surface area contributed by atoms with Crippen LogP contribution in [0.2, 0.25) is 0 Å². The van der Waals surface area contributed by atoms with Crippen molar-refractivity contribution in [3.05, 3.63) is 23.9 Å². The lowest BCUT2D eigenvalue weighted by molar-refractivity contribution is 0.306. The van der Waals surface area contributed by atoms with Crippen LogP contribution in [0.25, 0.3) is 10.9 Å². The fourth-order valence-electron chi connectivity index (χ4n) is 1.79. The van der Waals surface area contributed by atoms with Gasteiger partial charge in [0, 0.05) is 18.6 Å². The molecule has 0 aliphatic heterocycles. The second kappa shape index (κ2) is 2.99. The molecular weight excluding hydrogens is 188 g/mol. The third kappa shape index (κ3) is 1.48. The highest BCUT2D eigenvalue weighted by atomic mass is 16.5. The molecule has 1 aromatic carbocycles. The van der Waals surface area contributed by atoms with Gasteiger partial charge in [0.1, 0.15) is 11.3 Å². The maximum Gasteiger partial charge on any atom is 0.147 e. The molecule has 1 aliphatic rings. The van der Waals surface area contributed by atoms with Crippen LogP contribution in [0.15, 0.2) is 18.3 Å². The van der Waals surface area contributed by atoms with Crippen molar-refractivity contribution in [3.8, 4) is 5.75 Å². The van der Waals surface area contributed by atoms with E-state index in [4.69, 9.17) is 4.74 Å². The first kappa shape index (κ1) is 8.77. The summed E-state index contributed by atoms with van der Waals surface area (Å²) in [7, 11) is 1.94. The summed E-state index contributed by atoms with van der Waals surface area (Å²) in [4.78, 5) is 0. The molecule has 1 aromatic heterocycles. The highest BCUT2D eigenvalue weighted by molar-refractivity contribution is 5.87. The molecular formula is C12H14N2O. The average molecular weight is 202 g/mol. The molecule has 0 saturated heterocycles. The average Bonchev–Trinajstić information content (AvgIpc) is 2.92. The quantitative estimate of drug-likeness (QED) is 0.747. The van der Waals surface area contributed by atoms with Crippen molar-refractivity contribution >= 4 is 10.9 Å². The first-order valence-electron chi connectivity index (χ1n) is 5.33. The van der Waals surface area contributed by atoms with Crippen LogP contribution >= 0.6 is 0 Å². The fraction of sp³-hybridized carbons (Fsp3) is 0.417. The Morgan fingerprint density at radius 3 is 2.93 bits per heavy atom. The number of rotatable bonds is 2. The molecule has 3 rings (SSSR count). The normalized spacial score (nSPS) is 15.9. The first-order chi connectivity index (χ1) is 7.24. The van der Waals surface area contributed by atoms with E-state index < -0.39 is 0 Å². The zero-order chi connectivity index (χ0) is 10.4. The Labute approximate surface area is 88.7 Å². The first-order valence-corrected chi connectivity index (χ1v) is 5.33. The minimum absolute atomic E-state index is 0.429. The lowest BCUT2D eigenvalue weighted by Crippen LogP contribution is -1.97. The van der Waals surface area contributed by atoms with Gasteiger partial charge in [0.15, 0.2) is 0 Å². The largest absolute Gasteiger partial charge is 0.488 e. The number of fused-ring (bicyclic) bond motifs is 1. The molecule has 1 aliphatic carbocycles. The monoisotopic (exact) mass is 202 g/mol. The van der Waals surface area contributed by atoms with Crippen molar-refractivity contribution in [2.75, 3.05) is 0 Å². The van der Waals surface area contributed by atoms with Gasteiger partial charge in [-0.15, -0.1) is 0 Å². The van der Waals surface area contributed by atoms with Crippen molar-refractivity contribution in [3.63, 3.8) is 0 Å². The van der Waals surface area contributed by atoms with E-state index in [1.807, 2.05) is 24.0 Å². The van der Waals surface area contributed by atoms with E-state index in [0.29, 0.717) is 6.10 Å². The molecule has 2 aromatic rings. The fourth-order valence-corrected chi connectivity index (χ4v) is 1.79. The summed E-state index contributed by atoms with van der Waals surface area (Å²) in [6.07, 6.45) is 4.84. The van der Waals surface area contributed by atoms with E-state index in [9.17, 15) is 0 Å². The minimum Gasteiger partial charge on any atom is -0.488 e. The molecule has 1 fully saturated rings. The van der Waals surface area contributed by atoms with Gasteiger partial charge in [0.05, 0.1) is 6.10 Å². The van der Waals surface area contributed by atoms with Crippen LogP contribution in [0, 0.1) is 6.92 Å². The molecule has 0 unspecified atom stereocenters. The molecule has 0 bridgehead atoms. The Hall–Kier alpha value is -1.51. The van der Waals surface area contributed by atoms with Gasteiger partial charge in [-0.2, -0.15) is 5.10 Å². The molecule has 15 heavy (non-hydrogen) atoms. The number of aromatic nitrogens is 2. The predicted molar refractivity (Wildman–Crippen MR) is 59.1 cm³/mol. The van der Waals surface area contributed by atoms with Crippen molar-refractivity contribution in [1.82, 2.24) is 9.78 Å². The van der Waals surface area contributed by atoms with Crippen LogP contribution in [0.1, 0.15) is 18.4 Å². The second-order valence-corrected chi connectivity index (χ2v) is 4.26. The number of aryl methyl sites for hydroxylation is 2. The molecule has 3 nitrogen and oxygen atoms in total. The van der Waals surface area contributed by atoms with E-state index in [0.717, 1.165) is 11.3 Å². The SMILES string of the molecule is Cc1ccc(OC2CC2)c2nn(C)cc12. The molecule has 0 radical (unpaired) electrons. The molecule has 0 amide bonds. The molecule has 0 atom stereocenters. The number of hydrogen-bond donors (Lipinski definition) is 0. The van der Waals surface area contributed by atoms with E-state index in [1.165, 1.54) is 23.8 Å². The van der Waals surface area contributed by atoms with Crippen molar-refractivity contribution in [2.24, 2.45) is 7.05 Å². The summed E-state index contributed by atoms with van der Waals surface area (Å²) in [6.45, 7) is 2.10. The smallest absolute Gasteiger partial charge is 0.147 e. The van der Waals surface area contributed by atoms with Crippen LogP contribution in [0.5, 0.6) is 5.75 Å². The van der Waals surface area contributed by atoms with Crippen LogP contribution in [-0.4, -0.2) is 15.9 Å². The van der Waals surface area contributed by atoms with Gasteiger partial charge in [-0.3, -0.25) is 4.68 Å². The maximum atomic E-state index is 5.83. The van der Waals surface area contributed by atoms with Gasteiger partial charge in [-0.05, 0) is 31.4 Å². The number of ether oxygens (including phenoxy) is 1. The molecule has 0 spiro atoms. The third-order valence-corrected chi connectivity index (χ3v) is 2.79. The van der Waals surface area contributed by atoms with Crippen LogP contribution < -0.4 is 4.74 Å². The highest BCUT2D eigenvalue weighted by Gasteiger charge is 2.24. The van der Waals surface area contributed by atoms with Crippen LogP contribution in [-0.2, 0) is 7.05 Å². The highest BCUT2D eigenvalue weighted by Crippen LogP contribution is 2.32. The lowest BCUT2D eigenvalue weighted by Gasteiger charge is -2.05. The summed E-state index contributed by atoms with van der Waals surface area (Å²) in [5, 5.41) is 5.64. The molecule has 0 N–H and O–H groups in total. The van der Waals surface area contributed by atoms with E-state index in [1.54, 1.807) is 0 Å². The Morgan fingerprint density at radius 2 is 2.20 bits per heavy atom. The van der Waals surface area contributed by atoms with E-state index in [-0.39, 0.29) is 0 Å². The van der Waals surface area contributed by atoms with Gasteiger partial charge in [-0.1, -0.05) is 6.07 Å². The van der Waals surface area contributed by atoms with Crippen molar-refractivity contribution in [1.29, 1.82) is 0 Å². The van der Waals surface area contributed by atoms with Crippen molar-refractivity contribution < 1.29 is 4.74 Å². The lowest BCUT2D eigenvalue weighted by atomic mass is 10.1. The maximum absolute atomic E-state index is 5.83.